The monoisotopic (exact) mass is 579 g/mol. The molecule has 2 aromatic rings. The van der Waals surface area contributed by atoms with Crippen LogP contribution in [0.15, 0.2) is 36.7 Å². The average molecular weight is 580 g/mol. The Morgan fingerprint density at radius 1 is 1.20 bits per heavy atom. The van der Waals surface area contributed by atoms with E-state index in [0.29, 0.717) is 23.7 Å². The summed E-state index contributed by atoms with van der Waals surface area (Å²) in [5, 5.41) is 10.2. The number of alkyl halides is 3. The largest absolute Gasteiger partial charge is 0.462 e. The molecule has 5 rings (SSSR count). The number of benzene rings is 1. The first-order valence-electron chi connectivity index (χ1n) is 13.6. The number of rotatable bonds is 7. The van der Waals surface area contributed by atoms with Gasteiger partial charge in [0.1, 0.15) is 12.4 Å². The van der Waals surface area contributed by atoms with Crippen molar-refractivity contribution in [3.05, 3.63) is 59.1 Å². The molecule has 3 atom stereocenters. The Balaban J connectivity index is 1.48. The first-order valence-corrected chi connectivity index (χ1v) is 13.6. The number of carbonyl (C=O) groups excluding carboxylic acids is 1. The molecule has 0 radical (unpaired) electrons. The predicted molar refractivity (Wildman–Crippen MR) is 141 cm³/mol. The van der Waals surface area contributed by atoms with Gasteiger partial charge in [-0.1, -0.05) is 24.8 Å². The summed E-state index contributed by atoms with van der Waals surface area (Å²) in [5.41, 5.74) is 0.321. The lowest BCUT2D eigenvalue weighted by Crippen LogP contribution is -2.57. The molecule has 13 heteroatoms. The van der Waals surface area contributed by atoms with Crippen LogP contribution in [0, 0.1) is 0 Å². The molecule has 1 aromatic heterocycles. The maximum Gasteiger partial charge on any atom is 0.416 e. The second-order valence-corrected chi connectivity index (χ2v) is 10.6. The van der Waals surface area contributed by atoms with Crippen molar-refractivity contribution in [2.45, 2.75) is 50.2 Å². The minimum atomic E-state index is -4.55. The van der Waals surface area contributed by atoms with E-state index in [1.165, 1.54) is 17.0 Å². The zero-order valence-corrected chi connectivity index (χ0v) is 22.7. The Morgan fingerprint density at radius 3 is 2.66 bits per heavy atom. The van der Waals surface area contributed by atoms with Crippen LogP contribution < -0.4 is 9.64 Å². The maximum absolute atomic E-state index is 13.8. The number of fused-ring (bicyclic) bond motifs is 1. The van der Waals surface area contributed by atoms with Gasteiger partial charge in [-0.25, -0.2) is 4.39 Å². The molecule has 1 N–H and O–H groups in total. The third kappa shape index (κ3) is 6.16. The molecule has 9 nitrogen and oxygen atoms in total. The third-order valence-electron chi connectivity index (χ3n) is 8.03. The van der Waals surface area contributed by atoms with Crippen LogP contribution in [-0.4, -0.2) is 89.3 Å². The SMILES string of the molecule is C=C(F)C(=O)N1CCN(c2nc(OC[C@@H]3CCCN3C)nc3c2COC(c2ccccc2C(F)(F)F)C3)[C@@H](CO)C1. The van der Waals surface area contributed by atoms with Gasteiger partial charge in [-0.3, -0.25) is 4.79 Å². The highest BCUT2D eigenvalue weighted by Gasteiger charge is 2.39. The van der Waals surface area contributed by atoms with E-state index in [-0.39, 0.29) is 56.9 Å². The van der Waals surface area contributed by atoms with E-state index in [4.69, 9.17) is 9.47 Å². The normalized spacial score (nSPS) is 23.4. The van der Waals surface area contributed by atoms with Crippen molar-refractivity contribution in [2.24, 2.45) is 0 Å². The highest BCUT2D eigenvalue weighted by atomic mass is 19.4. The molecule has 1 unspecified atom stereocenters. The van der Waals surface area contributed by atoms with Gasteiger partial charge in [0.25, 0.3) is 5.91 Å². The number of likely N-dealkylation sites (tertiary alicyclic amines) is 1. The van der Waals surface area contributed by atoms with Gasteiger partial charge in [0.05, 0.1) is 36.6 Å². The van der Waals surface area contributed by atoms with Crippen LogP contribution in [0.3, 0.4) is 0 Å². The number of aliphatic hydroxyl groups is 1. The van der Waals surface area contributed by atoms with Crippen molar-refractivity contribution in [3.63, 3.8) is 0 Å². The van der Waals surface area contributed by atoms with Gasteiger partial charge < -0.3 is 29.3 Å². The molecular weight excluding hydrogens is 546 g/mol. The Morgan fingerprint density at radius 2 is 1.98 bits per heavy atom. The minimum absolute atomic E-state index is 0.0210. The number of aromatic nitrogens is 2. The van der Waals surface area contributed by atoms with Crippen LogP contribution in [0.5, 0.6) is 6.01 Å². The van der Waals surface area contributed by atoms with Gasteiger partial charge in [-0.15, -0.1) is 0 Å². The number of ether oxygens (including phenoxy) is 2. The van der Waals surface area contributed by atoms with Crippen molar-refractivity contribution >= 4 is 11.7 Å². The number of hydrogen-bond donors (Lipinski definition) is 1. The van der Waals surface area contributed by atoms with Gasteiger partial charge in [0, 0.05) is 37.7 Å². The fourth-order valence-electron chi connectivity index (χ4n) is 5.78. The lowest BCUT2D eigenvalue weighted by atomic mass is 9.95. The van der Waals surface area contributed by atoms with Crippen LogP contribution in [0.1, 0.15) is 41.3 Å². The summed E-state index contributed by atoms with van der Waals surface area (Å²) in [6, 6.07) is 4.96. The number of halogens is 4. The van der Waals surface area contributed by atoms with Gasteiger partial charge in [0.2, 0.25) is 0 Å². The molecule has 0 saturated carbocycles. The molecule has 2 fully saturated rings. The zero-order valence-electron chi connectivity index (χ0n) is 22.7. The number of anilines is 1. The third-order valence-corrected chi connectivity index (χ3v) is 8.03. The quantitative estimate of drug-likeness (QED) is 0.395. The van der Waals surface area contributed by atoms with Crippen LogP contribution >= 0.6 is 0 Å². The van der Waals surface area contributed by atoms with Crippen LogP contribution in [0.25, 0.3) is 0 Å². The van der Waals surface area contributed by atoms with E-state index in [1.807, 2.05) is 7.05 Å². The van der Waals surface area contributed by atoms with Crippen LogP contribution in [-0.2, 0) is 28.7 Å². The Hall–Kier alpha value is -3.29. The fourth-order valence-corrected chi connectivity index (χ4v) is 5.78. The van der Waals surface area contributed by atoms with Gasteiger partial charge in [0.15, 0.2) is 5.83 Å². The number of likely N-dealkylation sites (N-methyl/N-ethyl adjacent to an activating group) is 1. The molecule has 1 amide bonds. The second-order valence-electron chi connectivity index (χ2n) is 10.6. The fraction of sp³-hybridized carbons (Fsp3) is 0.536. The molecule has 4 heterocycles. The first-order chi connectivity index (χ1) is 19.6. The number of amides is 1. The number of hydrogen-bond acceptors (Lipinski definition) is 8. The first kappa shape index (κ1) is 29.2. The van der Waals surface area contributed by atoms with E-state index in [9.17, 15) is 27.5 Å². The molecule has 0 spiro atoms. The van der Waals surface area contributed by atoms with Crippen molar-refractivity contribution in [3.8, 4) is 6.01 Å². The summed E-state index contributed by atoms with van der Waals surface area (Å²) < 4.78 is 66.9. The molecule has 41 heavy (non-hydrogen) atoms. The summed E-state index contributed by atoms with van der Waals surface area (Å²) in [7, 11) is 2.01. The molecule has 2 saturated heterocycles. The Kier molecular flexibility index (Phi) is 8.48. The minimum Gasteiger partial charge on any atom is -0.462 e. The summed E-state index contributed by atoms with van der Waals surface area (Å²) in [4.78, 5) is 26.7. The Labute approximate surface area is 235 Å². The lowest BCUT2D eigenvalue weighted by molar-refractivity contribution is -0.139. The number of piperazine rings is 1. The topological polar surface area (TPSA) is 91.3 Å². The standard InChI is InChI=1S/C28H33F4N5O4/c1-17(29)26(39)36-10-11-37(19(13-36)14-38)25-21-16-40-24(20-7-3-4-8-22(20)28(30,31)32)12-23(21)33-27(34-25)41-15-18-6-5-9-35(18)2/h3-4,7-8,18-19,24,38H,1,5-6,9-16H2,2H3/t18-,19+,24?/m0/s1. The summed E-state index contributed by atoms with van der Waals surface area (Å²) in [6.45, 7) is 4.36. The predicted octanol–water partition coefficient (Wildman–Crippen LogP) is 3.28. The van der Waals surface area contributed by atoms with Crippen molar-refractivity contribution < 1.29 is 36.9 Å². The number of aliphatic hydroxyl groups excluding tert-OH is 1. The Bertz CT molecular complexity index is 1290. The number of carbonyl (C=O) groups is 1. The van der Waals surface area contributed by atoms with Crippen molar-refractivity contribution in [1.82, 2.24) is 19.8 Å². The molecule has 222 valence electrons. The second kappa shape index (κ2) is 11.9. The van der Waals surface area contributed by atoms with Gasteiger partial charge in [-0.2, -0.15) is 23.1 Å². The van der Waals surface area contributed by atoms with Gasteiger partial charge in [-0.05, 0) is 38.1 Å². The summed E-state index contributed by atoms with van der Waals surface area (Å²) >= 11 is 0. The van der Waals surface area contributed by atoms with E-state index in [2.05, 4.69) is 21.4 Å². The van der Waals surface area contributed by atoms with Gasteiger partial charge >= 0.3 is 12.2 Å². The average Bonchev–Trinajstić information content (AvgIpc) is 3.38. The molecule has 3 aliphatic heterocycles. The van der Waals surface area contributed by atoms with Crippen molar-refractivity contribution in [1.29, 1.82) is 0 Å². The van der Waals surface area contributed by atoms with Crippen LogP contribution in [0.2, 0.25) is 0 Å². The summed E-state index contributed by atoms with van der Waals surface area (Å²) in [5.74, 6) is -1.51. The number of nitrogens with zero attached hydrogens (tertiary/aromatic N) is 5. The molecule has 0 bridgehead atoms. The molecule has 3 aliphatic rings. The molecular formula is C28H33F4N5O4. The maximum atomic E-state index is 13.8. The van der Waals surface area contributed by atoms with E-state index >= 15 is 0 Å². The highest BCUT2D eigenvalue weighted by molar-refractivity contribution is 5.90. The lowest BCUT2D eigenvalue weighted by Gasteiger charge is -2.42. The molecule has 0 aliphatic carbocycles. The van der Waals surface area contributed by atoms with E-state index < -0.39 is 35.6 Å². The zero-order chi connectivity index (χ0) is 29.3. The smallest absolute Gasteiger partial charge is 0.416 e. The van der Waals surface area contributed by atoms with E-state index in [0.717, 1.165) is 25.5 Å². The van der Waals surface area contributed by atoms with Crippen LogP contribution in [0.4, 0.5) is 23.4 Å². The summed E-state index contributed by atoms with van der Waals surface area (Å²) in [6.07, 6.45) is -3.38. The highest BCUT2D eigenvalue weighted by Crippen LogP contribution is 2.41. The van der Waals surface area contributed by atoms with Crippen molar-refractivity contribution in [2.75, 3.05) is 51.3 Å². The molecule has 1 aromatic carbocycles. The van der Waals surface area contributed by atoms with E-state index in [1.54, 1.807) is 11.0 Å².